The number of hydrogen-bond acceptors (Lipinski definition) is 9. The molecule has 0 saturated heterocycles. The zero-order chi connectivity index (χ0) is 20.0. The first kappa shape index (κ1) is 21.5. The lowest BCUT2D eigenvalue weighted by Crippen LogP contribution is -2.30. The number of ether oxygens (including phenoxy) is 2. The average molecular weight is 461 g/mol. The highest BCUT2D eigenvalue weighted by atomic mass is 79.9. The number of carbonyl (C=O) groups excluding carboxylic acids is 2. The van der Waals surface area contributed by atoms with E-state index in [4.69, 9.17) is 15.2 Å². The van der Waals surface area contributed by atoms with Gasteiger partial charge in [0.25, 0.3) is 0 Å². The summed E-state index contributed by atoms with van der Waals surface area (Å²) in [4.78, 5) is 35.5. The van der Waals surface area contributed by atoms with E-state index in [2.05, 4.69) is 45.4 Å². The van der Waals surface area contributed by atoms with Gasteiger partial charge in [-0.3, -0.25) is 14.7 Å². The highest BCUT2D eigenvalue weighted by Gasteiger charge is 2.18. The molecule has 0 radical (unpaired) electrons. The Morgan fingerprint density at radius 1 is 1.41 bits per heavy atom. The van der Waals surface area contributed by atoms with Crippen LogP contribution in [0.4, 0.5) is 5.95 Å². The summed E-state index contributed by atoms with van der Waals surface area (Å²) in [6.07, 6.45) is 2.13. The summed E-state index contributed by atoms with van der Waals surface area (Å²) in [5, 5.41) is 2.74. The standard InChI is InChI=1S/C15H22BrN6O4P/c1-8(21-27)14(24)25-4-3-10(6-26-9(2)23)5-22-7-18-11-12(16)19-15(17)20-13(11)22/h7-8,10,21H,3-6,27H2,1-2H3,(H2,17,19,20)/t8-,10+/m0/s1. The summed E-state index contributed by atoms with van der Waals surface area (Å²) >= 11 is 3.31. The number of rotatable bonds is 9. The van der Waals surface area contributed by atoms with Gasteiger partial charge in [0.2, 0.25) is 5.95 Å². The van der Waals surface area contributed by atoms with Crippen LogP contribution in [-0.4, -0.2) is 50.7 Å². The van der Waals surface area contributed by atoms with Crippen LogP contribution < -0.4 is 10.8 Å². The van der Waals surface area contributed by atoms with Gasteiger partial charge in [-0.2, -0.15) is 4.98 Å². The fourth-order valence-electron chi connectivity index (χ4n) is 2.32. The van der Waals surface area contributed by atoms with E-state index in [1.807, 2.05) is 0 Å². The molecular formula is C15H22BrN6O4P. The Morgan fingerprint density at radius 2 is 2.15 bits per heavy atom. The number of nitrogens with zero attached hydrogens (tertiary/aromatic N) is 4. The van der Waals surface area contributed by atoms with Crippen molar-refractivity contribution >= 4 is 54.4 Å². The van der Waals surface area contributed by atoms with Crippen molar-refractivity contribution in [3.63, 3.8) is 0 Å². The third kappa shape index (κ3) is 6.08. The lowest BCUT2D eigenvalue weighted by atomic mass is 10.1. The van der Waals surface area contributed by atoms with Crippen molar-refractivity contribution in [1.29, 1.82) is 0 Å². The van der Waals surface area contributed by atoms with E-state index in [1.165, 1.54) is 6.92 Å². The molecule has 0 amide bonds. The topological polar surface area (TPSA) is 134 Å². The molecule has 0 aliphatic heterocycles. The van der Waals surface area contributed by atoms with Crippen molar-refractivity contribution in [3.05, 3.63) is 10.9 Å². The van der Waals surface area contributed by atoms with E-state index in [0.717, 1.165) is 0 Å². The second-order valence-electron chi connectivity index (χ2n) is 5.95. The molecule has 2 aromatic heterocycles. The van der Waals surface area contributed by atoms with E-state index in [9.17, 15) is 9.59 Å². The zero-order valence-electron chi connectivity index (χ0n) is 15.0. The van der Waals surface area contributed by atoms with Gasteiger partial charge in [0.15, 0.2) is 5.65 Å². The average Bonchev–Trinajstić information content (AvgIpc) is 3.01. The smallest absolute Gasteiger partial charge is 0.323 e. The minimum Gasteiger partial charge on any atom is -0.466 e. The monoisotopic (exact) mass is 460 g/mol. The van der Waals surface area contributed by atoms with Gasteiger partial charge in [0, 0.05) is 19.4 Å². The first-order valence-electron chi connectivity index (χ1n) is 8.21. The number of nitrogens with two attached hydrogens (primary N) is 1. The molecular weight excluding hydrogens is 439 g/mol. The fraction of sp³-hybridized carbons (Fsp3) is 0.533. The maximum absolute atomic E-state index is 11.8. The Labute approximate surface area is 167 Å². The normalized spacial score (nSPS) is 13.3. The molecule has 0 aliphatic rings. The largest absolute Gasteiger partial charge is 0.466 e. The summed E-state index contributed by atoms with van der Waals surface area (Å²) < 4.78 is 12.7. The minimum atomic E-state index is -0.420. The molecule has 0 saturated carbocycles. The molecule has 2 heterocycles. The van der Waals surface area contributed by atoms with E-state index < -0.39 is 6.04 Å². The number of aromatic nitrogens is 4. The number of carbonyl (C=O) groups is 2. The number of esters is 2. The van der Waals surface area contributed by atoms with Gasteiger partial charge in [0.1, 0.15) is 16.2 Å². The predicted molar refractivity (Wildman–Crippen MR) is 105 cm³/mol. The number of imidazole rings is 1. The molecule has 2 aromatic rings. The van der Waals surface area contributed by atoms with Crippen LogP contribution >= 0.6 is 25.3 Å². The SMILES string of the molecule is CC(=O)OC[C@H](CCOC(=O)[C@H](C)NP)Cn1cnc2c(Br)nc(N)nc21. The third-order valence-electron chi connectivity index (χ3n) is 3.79. The Morgan fingerprint density at radius 3 is 2.81 bits per heavy atom. The number of nitrogen functional groups attached to an aromatic ring is 1. The van der Waals surface area contributed by atoms with Gasteiger partial charge in [0.05, 0.1) is 19.5 Å². The first-order valence-corrected chi connectivity index (χ1v) is 9.58. The number of nitrogens with one attached hydrogen (secondary N) is 1. The van der Waals surface area contributed by atoms with Crippen molar-refractivity contribution in [2.45, 2.75) is 32.9 Å². The van der Waals surface area contributed by atoms with Crippen molar-refractivity contribution in [3.8, 4) is 0 Å². The molecule has 2 rings (SSSR count). The summed E-state index contributed by atoms with van der Waals surface area (Å²) in [6, 6.07) is -0.420. The van der Waals surface area contributed by atoms with Crippen LogP contribution in [0, 0.1) is 5.92 Å². The molecule has 0 aliphatic carbocycles. The molecule has 12 heteroatoms. The third-order valence-corrected chi connectivity index (χ3v) is 4.84. The Bertz CT molecular complexity index is 817. The van der Waals surface area contributed by atoms with Crippen molar-refractivity contribution in [1.82, 2.24) is 24.6 Å². The van der Waals surface area contributed by atoms with Crippen LogP contribution in [-0.2, 0) is 25.6 Å². The van der Waals surface area contributed by atoms with Crippen LogP contribution in [0.5, 0.6) is 0 Å². The maximum Gasteiger partial charge on any atom is 0.323 e. The number of hydrogen-bond donors (Lipinski definition) is 2. The van der Waals surface area contributed by atoms with E-state index in [-0.39, 0.29) is 37.0 Å². The Balaban J connectivity index is 2.08. The van der Waals surface area contributed by atoms with Gasteiger partial charge >= 0.3 is 11.9 Å². The van der Waals surface area contributed by atoms with Gasteiger partial charge < -0.3 is 19.8 Å². The van der Waals surface area contributed by atoms with Crippen molar-refractivity contribution in [2.24, 2.45) is 5.92 Å². The van der Waals surface area contributed by atoms with Crippen LogP contribution in [0.15, 0.2) is 10.9 Å². The molecule has 0 fully saturated rings. The molecule has 148 valence electrons. The summed E-state index contributed by atoms with van der Waals surface area (Å²) in [6.45, 7) is 3.90. The predicted octanol–water partition coefficient (Wildman–Crippen LogP) is 1.05. The zero-order valence-corrected chi connectivity index (χ0v) is 17.8. The van der Waals surface area contributed by atoms with Crippen molar-refractivity contribution in [2.75, 3.05) is 18.9 Å². The lowest BCUT2D eigenvalue weighted by Gasteiger charge is -2.18. The summed E-state index contributed by atoms with van der Waals surface area (Å²) in [5.41, 5.74) is 6.86. The first-order chi connectivity index (χ1) is 12.8. The van der Waals surface area contributed by atoms with Gasteiger partial charge in [-0.15, -0.1) is 0 Å². The molecule has 10 nitrogen and oxygen atoms in total. The maximum atomic E-state index is 11.8. The van der Waals surface area contributed by atoms with E-state index in [0.29, 0.717) is 28.7 Å². The van der Waals surface area contributed by atoms with Crippen LogP contribution in [0.2, 0.25) is 0 Å². The number of anilines is 1. The molecule has 1 unspecified atom stereocenters. The molecule has 0 aromatic carbocycles. The molecule has 3 atom stereocenters. The van der Waals surface area contributed by atoms with Crippen molar-refractivity contribution < 1.29 is 19.1 Å². The molecule has 0 bridgehead atoms. The number of fused-ring (bicyclic) bond motifs is 1. The van der Waals surface area contributed by atoms with Crippen LogP contribution in [0.3, 0.4) is 0 Å². The molecule has 3 N–H and O–H groups in total. The highest BCUT2D eigenvalue weighted by Crippen LogP contribution is 2.21. The quantitative estimate of drug-likeness (QED) is 0.319. The molecule has 27 heavy (non-hydrogen) atoms. The minimum absolute atomic E-state index is 0.103. The van der Waals surface area contributed by atoms with Crippen LogP contribution in [0.25, 0.3) is 11.2 Å². The summed E-state index contributed by atoms with van der Waals surface area (Å²) in [5.74, 6) is -0.703. The lowest BCUT2D eigenvalue weighted by molar-refractivity contribution is -0.147. The van der Waals surface area contributed by atoms with Gasteiger partial charge in [-0.05, 0) is 29.3 Å². The van der Waals surface area contributed by atoms with E-state index in [1.54, 1.807) is 17.8 Å². The Kier molecular flexibility index (Phi) is 7.88. The van der Waals surface area contributed by atoms with Crippen LogP contribution in [0.1, 0.15) is 20.3 Å². The van der Waals surface area contributed by atoms with Gasteiger partial charge in [-0.25, -0.2) is 9.97 Å². The number of halogens is 1. The summed E-state index contributed by atoms with van der Waals surface area (Å²) in [7, 11) is 2.27. The second kappa shape index (κ2) is 9.91. The Hall–Kier alpha value is -1.84. The van der Waals surface area contributed by atoms with E-state index >= 15 is 0 Å². The highest BCUT2D eigenvalue weighted by molar-refractivity contribution is 9.10. The second-order valence-corrected chi connectivity index (χ2v) is 7.04. The fourth-order valence-corrected chi connectivity index (χ4v) is 2.92. The van der Waals surface area contributed by atoms with Gasteiger partial charge in [-0.1, -0.05) is 9.39 Å². The molecule has 0 spiro atoms.